The van der Waals surface area contributed by atoms with Crippen molar-refractivity contribution in [2.45, 2.75) is 77.2 Å². The van der Waals surface area contributed by atoms with Crippen LogP contribution in [0.2, 0.25) is 0 Å². The molecule has 94 valence electrons. The molecular formula is C15H28O. The van der Waals surface area contributed by atoms with Crippen LogP contribution >= 0.6 is 0 Å². The van der Waals surface area contributed by atoms with Gasteiger partial charge in [-0.1, -0.05) is 51.9 Å². The molecule has 1 N–H and O–H groups in total. The maximum atomic E-state index is 10.4. The van der Waals surface area contributed by atoms with E-state index in [9.17, 15) is 5.11 Å². The summed E-state index contributed by atoms with van der Waals surface area (Å²) in [6.07, 6.45) is 13.5. The van der Waals surface area contributed by atoms with E-state index in [0.29, 0.717) is 11.8 Å². The highest BCUT2D eigenvalue weighted by Crippen LogP contribution is 2.43. The van der Waals surface area contributed by atoms with Crippen LogP contribution in [0.4, 0.5) is 0 Å². The van der Waals surface area contributed by atoms with Crippen molar-refractivity contribution in [3.63, 3.8) is 0 Å². The molecule has 0 spiro atoms. The van der Waals surface area contributed by atoms with Crippen LogP contribution in [0.15, 0.2) is 0 Å². The first-order valence-electron chi connectivity index (χ1n) is 7.51. The van der Waals surface area contributed by atoms with Crippen molar-refractivity contribution < 1.29 is 5.11 Å². The van der Waals surface area contributed by atoms with E-state index in [0.717, 1.165) is 5.92 Å². The normalized spacial score (nSPS) is 36.8. The Kier molecular flexibility index (Phi) is 4.69. The highest BCUT2D eigenvalue weighted by atomic mass is 16.3. The standard InChI is InChI=1S/C15H28O/c1-2-3-7-13-10-11-14(15(13)16)12-8-5-4-6-9-12/h12-16H,2-11H2,1H3. The fourth-order valence-corrected chi connectivity index (χ4v) is 3.96. The molecule has 3 atom stereocenters. The molecule has 0 amide bonds. The molecule has 2 aliphatic carbocycles. The van der Waals surface area contributed by atoms with Gasteiger partial charge in [0.1, 0.15) is 0 Å². The second-order valence-corrected chi connectivity index (χ2v) is 6.03. The molecule has 0 heterocycles. The van der Waals surface area contributed by atoms with Crippen LogP contribution < -0.4 is 0 Å². The van der Waals surface area contributed by atoms with Crippen molar-refractivity contribution in [2.24, 2.45) is 17.8 Å². The van der Waals surface area contributed by atoms with Gasteiger partial charge in [-0.3, -0.25) is 0 Å². The number of hydrogen-bond acceptors (Lipinski definition) is 1. The van der Waals surface area contributed by atoms with E-state index >= 15 is 0 Å². The minimum atomic E-state index is 0.0367. The number of aliphatic hydroxyl groups excluding tert-OH is 1. The van der Waals surface area contributed by atoms with Gasteiger partial charge < -0.3 is 5.11 Å². The molecule has 0 saturated heterocycles. The Morgan fingerprint density at radius 1 is 1.00 bits per heavy atom. The predicted octanol–water partition coefficient (Wildman–Crippen LogP) is 4.14. The zero-order valence-electron chi connectivity index (χ0n) is 10.8. The van der Waals surface area contributed by atoms with Crippen molar-refractivity contribution in [3.05, 3.63) is 0 Å². The highest BCUT2D eigenvalue weighted by Gasteiger charge is 2.38. The van der Waals surface area contributed by atoms with E-state index in [1.165, 1.54) is 64.2 Å². The molecule has 0 bridgehead atoms. The topological polar surface area (TPSA) is 20.2 Å². The Bertz CT molecular complexity index is 196. The summed E-state index contributed by atoms with van der Waals surface area (Å²) < 4.78 is 0. The van der Waals surface area contributed by atoms with Gasteiger partial charge in [-0.25, -0.2) is 0 Å². The molecule has 2 rings (SSSR count). The summed E-state index contributed by atoms with van der Waals surface area (Å²) in [5, 5.41) is 10.4. The smallest absolute Gasteiger partial charge is 0.0599 e. The van der Waals surface area contributed by atoms with Gasteiger partial charge >= 0.3 is 0 Å². The second kappa shape index (κ2) is 6.05. The zero-order chi connectivity index (χ0) is 11.4. The second-order valence-electron chi connectivity index (χ2n) is 6.03. The van der Waals surface area contributed by atoms with Crippen LogP contribution in [0.25, 0.3) is 0 Å². The lowest BCUT2D eigenvalue weighted by atomic mass is 9.77. The highest BCUT2D eigenvalue weighted by molar-refractivity contribution is 4.89. The maximum absolute atomic E-state index is 10.4. The fourth-order valence-electron chi connectivity index (χ4n) is 3.96. The third-order valence-electron chi connectivity index (χ3n) is 4.98. The van der Waals surface area contributed by atoms with E-state index in [4.69, 9.17) is 0 Å². The fraction of sp³-hybridized carbons (Fsp3) is 1.00. The Balaban J connectivity index is 1.82. The average molecular weight is 224 g/mol. The first kappa shape index (κ1) is 12.4. The molecular weight excluding hydrogens is 196 g/mol. The summed E-state index contributed by atoms with van der Waals surface area (Å²) in [4.78, 5) is 0. The van der Waals surface area contributed by atoms with Gasteiger partial charge in [0.15, 0.2) is 0 Å². The molecule has 2 aliphatic rings. The maximum Gasteiger partial charge on any atom is 0.0599 e. The third kappa shape index (κ3) is 2.80. The molecule has 0 radical (unpaired) electrons. The molecule has 0 aliphatic heterocycles. The summed E-state index contributed by atoms with van der Waals surface area (Å²) in [6, 6.07) is 0. The van der Waals surface area contributed by atoms with Crippen LogP contribution in [0.1, 0.15) is 71.1 Å². The van der Waals surface area contributed by atoms with Crippen LogP contribution in [0, 0.1) is 17.8 Å². The van der Waals surface area contributed by atoms with Gasteiger partial charge in [0.05, 0.1) is 6.10 Å². The van der Waals surface area contributed by atoms with Crippen molar-refractivity contribution in [1.29, 1.82) is 0 Å². The van der Waals surface area contributed by atoms with Gasteiger partial charge in [-0.05, 0) is 37.0 Å². The number of aliphatic hydroxyl groups is 1. The summed E-state index contributed by atoms with van der Waals surface area (Å²) >= 11 is 0. The third-order valence-corrected chi connectivity index (χ3v) is 4.98. The van der Waals surface area contributed by atoms with Gasteiger partial charge in [-0.2, -0.15) is 0 Å². The van der Waals surface area contributed by atoms with E-state index in [1.807, 2.05) is 0 Å². The van der Waals surface area contributed by atoms with E-state index in [-0.39, 0.29) is 6.10 Å². The Labute approximate surface area is 101 Å². The largest absolute Gasteiger partial charge is 0.393 e. The molecule has 0 aromatic heterocycles. The Morgan fingerprint density at radius 2 is 1.75 bits per heavy atom. The molecule has 0 aromatic rings. The number of unbranched alkanes of at least 4 members (excludes halogenated alkanes) is 1. The summed E-state index contributed by atoms with van der Waals surface area (Å²) in [5.41, 5.74) is 0. The minimum Gasteiger partial charge on any atom is -0.393 e. The zero-order valence-corrected chi connectivity index (χ0v) is 10.8. The molecule has 2 fully saturated rings. The molecule has 0 aromatic carbocycles. The van der Waals surface area contributed by atoms with Crippen LogP contribution in [0.3, 0.4) is 0 Å². The van der Waals surface area contributed by atoms with Gasteiger partial charge in [0.25, 0.3) is 0 Å². The first-order valence-corrected chi connectivity index (χ1v) is 7.51. The lowest BCUT2D eigenvalue weighted by Crippen LogP contribution is -2.28. The van der Waals surface area contributed by atoms with Gasteiger partial charge in [-0.15, -0.1) is 0 Å². The molecule has 2 saturated carbocycles. The lowest BCUT2D eigenvalue weighted by Gasteiger charge is -2.30. The van der Waals surface area contributed by atoms with E-state index < -0.39 is 0 Å². The summed E-state index contributed by atoms with van der Waals surface area (Å²) in [5.74, 6) is 2.14. The lowest BCUT2D eigenvalue weighted by molar-refractivity contribution is 0.0500. The Morgan fingerprint density at radius 3 is 2.44 bits per heavy atom. The van der Waals surface area contributed by atoms with E-state index in [1.54, 1.807) is 0 Å². The van der Waals surface area contributed by atoms with Crippen molar-refractivity contribution in [1.82, 2.24) is 0 Å². The average Bonchev–Trinajstić information content (AvgIpc) is 2.69. The van der Waals surface area contributed by atoms with Crippen molar-refractivity contribution >= 4 is 0 Å². The first-order chi connectivity index (χ1) is 7.83. The van der Waals surface area contributed by atoms with Gasteiger partial charge in [0, 0.05) is 0 Å². The number of hydrogen-bond donors (Lipinski definition) is 1. The molecule has 16 heavy (non-hydrogen) atoms. The summed E-state index contributed by atoms with van der Waals surface area (Å²) in [6.45, 7) is 2.25. The molecule has 1 heteroatoms. The van der Waals surface area contributed by atoms with Gasteiger partial charge in [0.2, 0.25) is 0 Å². The minimum absolute atomic E-state index is 0.0367. The quantitative estimate of drug-likeness (QED) is 0.760. The predicted molar refractivity (Wildman–Crippen MR) is 68.3 cm³/mol. The molecule has 3 unspecified atom stereocenters. The van der Waals surface area contributed by atoms with Crippen LogP contribution in [-0.4, -0.2) is 11.2 Å². The van der Waals surface area contributed by atoms with Crippen LogP contribution in [-0.2, 0) is 0 Å². The summed E-state index contributed by atoms with van der Waals surface area (Å²) in [7, 11) is 0. The van der Waals surface area contributed by atoms with Crippen molar-refractivity contribution in [3.8, 4) is 0 Å². The van der Waals surface area contributed by atoms with Crippen molar-refractivity contribution in [2.75, 3.05) is 0 Å². The van der Waals surface area contributed by atoms with E-state index in [2.05, 4.69) is 6.92 Å². The SMILES string of the molecule is CCCCC1CCC(C2CCCCC2)C1O. The molecule has 1 nitrogen and oxygen atoms in total. The Hall–Kier alpha value is -0.0400. The number of rotatable bonds is 4. The monoisotopic (exact) mass is 224 g/mol. The van der Waals surface area contributed by atoms with Crippen LogP contribution in [0.5, 0.6) is 0 Å².